The lowest BCUT2D eigenvalue weighted by molar-refractivity contribution is -0.137. The number of piperidine rings is 3. The van der Waals surface area contributed by atoms with Crippen LogP contribution in [0.25, 0.3) is 10.9 Å². The van der Waals surface area contributed by atoms with Crippen molar-refractivity contribution in [3.8, 4) is 0 Å². The Morgan fingerprint density at radius 2 is 2.04 bits per heavy atom. The number of fused-ring (bicyclic) bond motifs is 3. The number of rotatable bonds is 1. The summed E-state index contributed by atoms with van der Waals surface area (Å²) in [6.07, 6.45) is -2.01. The van der Waals surface area contributed by atoms with Gasteiger partial charge < -0.3 is 15.5 Å². The Bertz CT molecular complexity index is 880. The second-order valence-electron chi connectivity index (χ2n) is 7.45. The lowest BCUT2D eigenvalue weighted by atomic mass is 9.73. The van der Waals surface area contributed by atoms with Gasteiger partial charge in [0.05, 0.1) is 23.2 Å². The van der Waals surface area contributed by atoms with E-state index in [1.807, 2.05) is 0 Å². The average Bonchev–Trinajstić information content (AvgIpc) is 3.20. The van der Waals surface area contributed by atoms with Crippen LogP contribution in [-0.2, 0) is 6.18 Å². The molecule has 3 fully saturated rings. The van der Waals surface area contributed by atoms with Crippen LogP contribution in [0.2, 0.25) is 0 Å². The third kappa shape index (κ3) is 2.45. The van der Waals surface area contributed by atoms with E-state index in [1.54, 1.807) is 0 Å². The van der Waals surface area contributed by atoms with E-state index in [-0.39, 0.29) is 5.54 Å². The largest absolute Gasteiger partial charge is 0.416 e. The number of hydrogen-bond acceptors (Lipinski definition) is 5. The molecule has 138 valence electrons. The minimum Gasteiger partial charge on any atom is -0.347 e. The van der Waals surface area contributed by atoms with Crippen molar-refractivity contribution in [1.29, 1.82) is 0 Å². The number of H-pyrrole nitrogens is 1. The summed E-state index contributed by atoms with van der Waals surface area (Å²) < 4.78 is 38.5. The van der Waals surface area contributed by atoms with Gasteiger partial charge >= 0.3 is 6.18 Å². The van der Waals surface area contributed by atoms with Crippen LogP contribution in [0.3, 0.4) is 0 Å². The number of aliphatic imine (C=N–C) groups is 1. The standard InChI is InChI=1S/C17H19F3N6/c18-17(19,20)11-1-2-12-13(7-11)24-25-14(12)22-15-21-8-16(23-15)9-26-5-3-10(16)4-6-26/h1-2,7,10H,3-6,8-9H2,(H3,21,22,23,24,25)/t16-/m0/s1. The molecule has 1 aromatic carbocycles. The topological polar surface area (TPSA) is 68.3 Å². The second kappa shape index (κ2) is 5.35. The molecule has 26 heavy (non-hydrogen) atoms. The maximum atomic E-state index is 12.8. The minimum absolute atomic E-state index is 0.0194. The van der Waals surface area contributed by atoms with Crippen molar-refractivity contribution in [2.75, 3.05) is 31.5 Å². The summed E-state index contributed by atoms with van der Waals surface area (Å²) in [5.74, 6) is 1.74. The Morgan fingerprint density at radius 3 is 2.73 bits per heavy atom. The number of nitrogens with one attached hydrogen (secondary N) is 3. The molecule has 6 rings (SSSR count). The molecular formula is C17H19F3N6. The summed E-state index contributed by atoms with van der Waals surface area (Å²) in [6.45, 7) is 4.02. The number of alkyl halides is 3. The molecule has 4 aliphatic heterocycles. The summed E-state index contributed by atoms with van der Waals surface area (Å²) in [6, 6.07) is 3.58. The van der Waals surface area contributed by atoms with Crippen molar-refractivity contribution in [2.24, 2.45) is 10.9 Å². The van der Waals surface area contributed by atoms with Crippen LogP contribution in [0.4, 0.5) is 19.0 Å². The van der Waals surface area contributed by atoms with Crippen molar-refractivity contribution in [3.63, 3.8) is 0 Å². The van der Waals surface area contributed by atoms with Crippen LogP contribution in [0.15, 0.2) is 23.2 Å². The highest BCUT2D eigenvalue weighted by Crippen LogP contribution is 2.38. The van der Waals surface area contributed by atoms with Gasteiger partial charge in [-0.1, -0.05) is 0 Å². The Kier molecular flexibility index (Phi) is 3.28. The predicted molar refractivity (Wildman–Crippen MR) is 92.1 cm³/mol. The molecule has 2 aromatic rings. The molecule has 0 unspecified atom stereocenters. The molecule has 0 aliphatic carbocycles. The number of aromatic amines is 1. The van der Waals surface area contributed by atoms with E-state index in [9.17, 15) is 13.2 Å². The summed E-state index contributed by atoms with van der Waals surface area (Å²) in [5.41, 5.74) is -0.366. The van der Waals surface area contributed by atoms with E-state index in [2.05, 4.69) is 30.7 Å². The lowest BCUT2D eigenvalue weighted by Gasteiger charge is -2.51. The third-order valence-electron chi connectivity index (χ3n) is 5.89. The van der Waals surface area contributed by atoms with Crippen LogP contribution < -0.4 is 10.6 Å². The molecule has 5 heterocycles. The summed E-state index contributed by atoms with van der Waals surface area (Å²) in [7, 11) is 0. The Labute approximate surface area is 147 Å². The molecule has 1 spiro atoms. The highest BCUT2D eigenvalue weighted by atomic mass is 19.4. The summed E-state index contributed by atoms with van der Waals surface area (Å²) in [4.78, 5) is 7.07. The molecule has 1 atom stereocenters. The fourth-order valence-electron chi connectivity index (χ4n) is 4.50. The number of anilines is 1. The molecule has 9 heteroatoms. The van der Waals surface area contributed by atoms with Crippen LogP contribution in [0, 0.1) is 5.92 Å². The smallest absolute Gasteiger partial charge is 0.347 e. The summed E-state index contributed by atoms with van der Waals surface area (Å²) >= 11 is 0. The van der Waals surface area contributed by atoms with Gasteiger partial charge in [0.2, 0.25) is 0 Å². The van der Waals surface area contributed by atoms with Crippen molar-refractivity contribution in [2.45, 2.75) is 24.6 Å². The van der Waals surface area contributed by atoms with Gasteiger partial charge in [0, 0.05) is 11.9 Å². The normalized spacial score (nSPS) is 30.7. The van der Waals surface area contributed by atoms with E-state index in [0.717, 1.165) is 38.3 Å². The van der Waals surface area contributed by atoms with Gasteiger partial charge in [-0.15, -0.1) is 0 Å². The fraction of sp³-hybridized carbons (Fsp3) is 0.529. The average molecular weight is 364 g/mol. The van der Waals surface area contributed by atoms with Crippen molar-refractivity contribution in [1.82, 2.24) is 20.4 Å². The first kappa shape index (κ1) is 15.9. The van der Waals surface area contributed by atoms with Gasteiger partial charge in [0.25, 0.3) is 0 Å². The summed E-state index contributed by atoms with van der Waals surface area (Å²) in [5, 5.41) is 14.1. The van der Waals surface area contributed by atoms with Gasteiger partial charge in [-0.05, 0) is 50.0 Å². The van der Waals surface area contributed by atoms with E-state index < -0.39 is 11.7 Å². The van der Waals surface area contributed by atoms with Crippen molar-refractivity contribution < 1.29 is 13.2 Å². The molecule has 4 aliphatic rings. The van der Waals surface area contributed by atoms with Crippen LogP contribution in [-0.4, -0.2) is 52.8 Å². The van der Waals surface area contributed by atoms with Gasteiger partial charge in [-0.2, -0.15) is 18.3 Å². The maximum absolute atomic E-state index is 12.8. The Morgan fingerprint density at radius 1 is 1.23 bits per heavy atom. The monoisotopic (exact) mass is 364 g/mol. The minimum atomic E-state index is -4.37. The van der Waals surface area contributed by atoms with Crippen LogP contribution >= 0.6 is 0 Å². The molecule has 0 amide bonds. The Balaban J connectivity index is 1.36. The number of guanidine groups is 1. The van der Waals surface area contributed by atoms with Gasteiger partial charge in [0.1, 0.15) is 0 Å². The third-order valence-corrected chi connectivity index (χ3v) is 5.89. The number of halogens is 3. The predicted octanol–water partition coefficient (Wildman–Crippen LogP) is 2.42. The van der Waals surface area contributed by atoms with Gasteiger partial charge in [-0.25, -0.2) is 0 Å². The van der Waals surface area contributed by atoms with E-state index in [0.29, 0.717) is 28.6 Å². The lowest BCUT2D eigenvalue weighted by Crippen LogP contribution is -2.66. The van der Waals surface area contributed by atoms with Crippen molar-refractivity contribution in [3.05, 3.63) is 23.8 Å². The number of benzene rings is 1. The first-order valence-corrected chi connectivity index (χ1v) is 8.80. The highest BCUT2D eigenvalue weighted by Gasteiger charge is 2.49. The SMILES string of the molecule is FC(F)(F)c1ccc2c(NC3=NC[C@@]4(CN5CCC4CC5)N3)n[nH]c2c1. The molecular weight excluding hydrogens is 345 g/mol. The molecule has 3 N–H and O–H groups in total. The number of nitrogens with zero attached hydrogens (tertiary/aromatic N) is 3. The van der Waals surface area contributed by atoms with Crippen LogP contribution in [0.1, 0.15) is 18.4 Å². The van der Waals surface area contributed by atoms with Crippen LogP contribution in [0.5, 0.6) is 0 Å². The number of aromatic nitrogens is 2. The fourth-order valence-corrected chi connectivity index (χ4v) is 4.50. The molecule has 0 saturated carbocycles. The quantitative estimate of drug-likeness (QED) is 0.727. The number of hydrogen-bond donors (Lipinski definition) is 3. The zero-order valence-corrected chi connectivity index (χ0v) is 14.0. The molecule has 1 aromatic heterocycles. The molecule has 0 radical (unpaired) electrons. The van der Waals surface area contributed by atoms with E-state index in [1.165, 1.54) is 18.9 Å². The first-order valence-electron chi connectivity index (χ1n) is 8.80. The van der Waals surface area contributed by atoms with Gasteiger partial charge in [-0.3, -0.25) is 10.1 Å². The second-order valence-corrected chi connectivity index (χ2v) is 7.45. The van der Waals surface area contributed by atoms with E-state index in [4.69, 9.17) is 0 Å². The maximum Gasteiger partial charge on any atom is 0.416 e. The van der Waals surface area contributed by atoms with E-state index >= 15 is 0 Å². The van der Waals surface area contributed by atoms with Crippen molar-refractivity contribution >= 4 is 22.7 Å². The zero-order chi connectivity index (χ0) is 17.9. The van der Waals surface area contributed by atoms with Gasteiger partial charge in [0.15, 0.2) is 11.8 Å². The zero-order valence-electron chi connectivity index (χ0n) is 14.0. The Hall–Kier alpha value is -2.29. The molecule has 3 saturated heterocycles. The molecule has 2 bridgehead atoms. The molecule has 6 nitrogen and oxygen atoms in total. The first-order chi connectivity index (χ1) is 12.4. The highest BCUT2D eigenvalue weighted by molar-refractivity contribution is 6.02.